The maximum absolute atomic E-state index is 13.2. The number of aliphatic hydroxyl groups is 1. The zero-order valence-corrected chi connectivity index (χ0v) is 22.6. The SMILES string of the molecule is N#Cc1ccccc1COc1c(Br)cc(/C=N/NC(=O)C(O)(c2ccccc2)c2ccccc2)cc1Br. The molecule has 0 aliphatic heterocycles. The Bertz CT molecular complexity index is 1410. The summed E-state index contributed by atoms with van der Waals surface area (Å²) in [6.07, 6.45) is 1.47. The molecule has 0 aliphatic rings. The Balaban J connectivity index is 1.50. The molecule has 6 nitrogen and oxygen atoms in total. The molecule has 4 aromatic rings. The lowest BCUT2D eigenvalue weighted by atomic mass is 9.85. The fraction of sp³-hybridized carbons (Fsp3) is 0.0690. The van der Waals surface area contributed by atoms with Gasteiger partial charge in [-0.1, -0.05) is 78.9 Å². The second-order valence-corrected chi connectivity index (χ2v) is 9.72. The van der Waals surface area contributed by atoms with Crippen molar-refractivity contribution in [1.82, 2.24) is 5.43 Å². The summed E-state index contributed by atoms with van der Waals surface area (Å²) >= 11 is 7.02. The number of amides is 1. The first kappa shape index (κ1) is 26.3. The molecule has 4 aromatic carbocycles. The molecule has 0 fully saturated rings. The number of nitriles is 1. The van der Waals surface area contributed by atoms with E-state index in [9.17, 15) is 15.2 Å². The fourth-order valence-corrected chi connectivity index (χ4v) is 5.18. The minimum atomic E-state index is -1.92. The van der Waals surface area contributed by atoms with Crippen LogP contribution in [0.5, 0.6) is 5.75 Å². The number of hydrogen-bond donors (Lipinski definition) is 2. The monoisotopic (exact) mass is 617 g/mol. The van der Waals surface area contributed by atoms with Crippen LogP contribution in [0.25, 0.3) is 0 Å². The molecule has 0 saturated heterocycles. The number of hydrogen-bond acceptors (Lipinski definition) is 5. The zero-order valence-electron chi connectivity index (χ0n) is 19.4. The molecule has 0 bridgehead atoms. The summed E-state index contributed by atoms with van der Waals surface area (Å²) in [7, 11) is 0. The minimum Gasteiger partial charge on any atom is -0.486 e. The lowest BCUT2D eigenvalue weighted by Gasteiger charge is -2.27. The molecule has 0 heterocycles. The molecule has 0 unspecified atom stereocenters. The molecule has 37 heavy (non-hydrogen) atoms. The Hall–Kier alpha value is -3.77. The maximum atomic E-state index is 13.2. The van der Waals surface area contributed by atoms with Gasteiger partial charge < -0.3 is 9.84 Å². The highest BCUT2D eigenvalue weighted by Crippen LogP contribution is 2.35. The molecule has 1 amide bonds. The molecule has 184 valence electrons. The van der Waals surface area contributed by atoms with Crippen LogP contribution in [0.2, 0.25) is 0 Å². The van der Waals surface area contributed by atoms with Crippen molar-refractivity contribution in [3.05, 3.63) is 134 Å². The van der Waals surface area contributed by atoms with Gasteiger partial charge in [-0.15, -0.1) is 0 Å². The van der Waals surface area contributed by atoms with E-state index < -0.39 is 11.5 Å². The van der Waals surface area contributed by atoms with Crippen molar-refractivity contribution in [3.8, 4) is 11.8 Å². The average Bonchev–Trinajstić information content (AvgIpc) is 2.93. The molecule has 0 aliphatic carbocycles. The number of nitrogens with one attached hydrogen (secondary N) is 1. The number of benzene rings is 4. The molecule has 0 spiro atoms. The Labute approximate surface area is 231 Å². The summed E-state index contributed by atoms with van der Waals surface area (Å²) in [6, 6.07) is 30.4. The predicted molar refractivity (Wildman–Crippen MR) is 149 cm³/mol. The first-order chi connectivity index (χ1) is 17.9. The van der Waals surface area contributed by atoms with Crippen molar-refractivity contribution in [2.45, 2.75) is 12.2 Å². The number of carbonyl (C=O) groups excluding carboxylic acids is 1. The standard InChI is InChI=1S/C29H21Br2N3O3/c30-25-15-20(16-26(31)27(25)37-19-22-10-8-7-9-21(22)17-32)18-33-34-28(35)29(36,23-11-3-1-4-12-23)24-13-5-2-6-14-24/h1-16,18,36H,19H2,(H,34,35)/b33-18+. The van der Waals surface area contributed by atoms with Gasteiger partial charge in [0.15, 0.2) is 5.60 Å². The van der Waals surface area contributed by atoms with Crippen LogP contribution in [-0.2, 0) is 17.0 Å². The van der Waals surface area contributed by atoms with Gasteiger partial charge in [-0.05, 0) is 66.7 Å². The lowest BCUT2D eigenvalue weighted by molar-refractivity contribution is -0.136. The van der Waals surface area contributed by atoms with Crippen LogP contribution in [0.4, 0.5) is 0 Å². The highest BCUT2D eigenvalue weighted by molar-refractivity contribution is 9.11. The van der Waals surface area contributed by atoms with E-state index in [1.54, 1.807) is 72.8 Å². The molecule has 0 aromatic heterocycles. The van der Waals surface area contributed by atoms with Gasteiger partial charge in [0.25, 0.3) is 5.91 Å². The third-order valence-corrected chi connectivity index (χ3v) is 6.80. The van der Waals surface area contributed by atoms with Crippen molar-refractivity contribution in [1.29, 1.82) is 5.26 Å². The Kier molecular flexibility index (Phi) is 8.51. The van der Waals surface area contributed by atoms with E-state index in [0.717, 1.165) is 5.56 Å². The van der Waals surface area contributed by atoms with E-state index in [4.69, 9.17) is 4.74 Å². The summed E-state index contributed by atoms with van der Waals surface area (Å²) in [5.41, 5.74) is 3.42. The van der Waals surface area contributed by atoms with E-state index in [2.05, 4.69) is 48.5 Å². The molecule has 0 radical (unpaired) electrons. The zero-order chi connectivity index (χ0) is 26.3. The Morgan fingerprint density at radius 3 is 2.05 bits per heavy atom. The van der Waals surface area contributed by atoms with E-state index >= 15 is 0 Å². The normalized spacial score (nSPS) is 11.2. The Morgan fingerprint density at radius 2 is 1.49 bits per heavy atom. The van der Waals surface area contributed by atoms with Gasteiger partial charge in [0.2, 0.25) is 0 Å². The molecule has 2 N–H and O–H groups in total. The molecule has 4 rings (SSSR count). The van der Waals surface area contributed by atoms with Crippen LogP contribution in [0.3, 0.4) is 0 Å². The van der Waals surface area contributed by atoms with E-state index in [1.807, 2.05) is 24.3 Å². The third-order valence-electron chi connectivity index (χ3n) is 5.62. The largest absolute Gasteiger partial charge is 0.486 e. The number of nitrogens with zero attached hydrogens (tertiary/aromatic N) is 2. The summed E-state index contributed by atoms with van der Waals surface area (Å²) in [5, 5.41) is 24.9. The smallest absolute Gasteiger partial charge is 0.281 e. The van der Waals surface area contributed by atoms with Gasteiger partial charge in [-0.2, -0.15) is 10.4 Å². The van der Waals surface area contributed by atoms with Gasteiger partial charge in [-0.25, -0.2) is 5.43 Å². The second kappa shape index (κ2) is 12.0. The van der Waals surface area contributed by atoms with Crippen LogP contribution >= 0.6 is 31.9 Å². The van der Waals surface area contributed by atoms with Gasteiger partial charge in [-0.3, -0.25) is 4.79 Å². The third kappa shape index (κ3) is 5.97. The maximum Gasteiger partial charge on any atom is 0.281 e. The van der Waals surface area contributed by atoms with Crippen molar-refractivity contribution >= 4 is 44.0 Å². The fourth-order valence-electron chi connectivity index (χ4n) is 3.73. The van der Waals surface area contributed by atoms with Gasteiger partial charge in [0.1, 0.15) is 12.4 Å². The molecule has 0 saturated carbocycles. The van der Waals surface area contributed by atoms with E-state index in [1.165, 1.54) is 6.21 Å². The lowest BCUT2D eigenvalue weighted by Crippen LogP contribution is -2.43. The van der Waals surface area contributed by atoms with Gasteiger partial charge in [0, 0.05) is 5.56 Å². The highest BCUT2D eigenvalue weighted by atomic mass is 79.9. The molecular weight excluding hydrogens is 598 g/mol. The topological polar surface area (TPSA) is 94.7 Å². The van der Waals surface area contributed by atoms with Crippen LogP contribution in [0, 0.1) is 11.3 Å². The van der Waals surface area contributed by atoms with Gasteiger partial charge >= 0.3 is 0 Å². The van der Waals surface area contributed by atoms with Crippen molar-refractivity contribution < 1.29 is 14.6 Å². The number of ether oxygens (including phenoxy) is 1. The highest BCUT2D eigenvalue weighted by Gasteiger charge is 2.39. The van der Waals surface area contributed by atoms with Gasteiger partial charge in [0.05, 0.1) is 26.8 Å². The quantitative estimate of drug-likeness (QED) is 0.186. The van der Waals surface area contributed by atoms with E-state index in [-0.39, 0.29) is 6.61 Å². The number of hydrazone groups is 1. The Morgan fingerprint density at radius 1 is 0.946 bits per heavy atom. The van der Waals surface area contributed by atoms with Crippen molar-refractivity contribution in [2.24, 2.45) is 5.10 Å². The van der Waals surface area contributed by atoms with E-state index in [0.29, 0.717) is 36.9 Å². The number of halogens is 2. The van der Waals surface area contributed by atoms with Crippen molar-refractivity contribution in [3.63, 3.8) is 0 Å². The van der Waals surface area contributed by atoms with Crippen LogP contribution in [-0.4, -0.2) is 17.2 Å². The minimum absolute atomic E-state index is 0.224. The average molecular weight is 619 g/mol. The van der Waals surface area contributed by atoms with Crippen LogP contribution < -0.4 is 10.2 Å². The number of rotatable bonds is 8. The molecule has 8 heteroatoms. The summed E-state index contributed by atoms with van der Waals surface area (Å²) in [4.78, 5) is 13.2. The summed E-state index contributed by atoms with van der Waals surface area (Å²) < 4.78 is 7.27. The first-order valence-corrected chi connectivity index (χ1v) is 12.8. The van der Waals surface area contributed by atoms with Crippen LogP contribution in [0.1, 0.15) is 27.8 Å². The molecule has 0 atom stereocenters. The molecular formula is C29H21Br2N3O3. The number of carbonyl (C=O) groups is 1. The van der Waals surface area contributed by atoms with Crippen LogP contribution in [0.15, 0.2) is 111 Å². The second-order valence-electron chi connectivity index (χ2n) is 8.01. The predicted octanol–water partition coefficient (Wildman–Crippen LogP) is 6.05. The van der Waals surface area contributed by atoms with Crippen molar-refractivity contribution in [2.75, 3.05) is 0 Å². The summed E-state index contributed by atoms with van der Waals surface area (Å²) in [5.74, 6) is -0.119. The first-order valence-electron chi connectivity index (χ1n) is 11.2. The summed E-state index contributed by atoms with van der Waals surface area (Å²) in [6.45, 7) is 0.224.